The number of carboxylic acids is 1. The minimum Gasteiger partial charge on any atom is -0.481 e. The zero-order chi connectivity index (χ0) is 22.7. The van der Waals surface area contributed by atoms with Crippen molar-refractivity contribution in [2.45, 2.75) is 25.8 Å². The largest absolute Gasteiger partial charge is 0.481 e. The molecule has 2 aromatic carbocycles. The summed E-state index contributed by atoms with van der Waals surface area (Å²) in [6.07, 6.45) is 4.59. The lowest BCUT2D eigenvalue weighted by atomic mass is 9.91. The standard InChI is InChI=1S/C24H26N6O2/c1-15(29-25)24-20-7-6-17(18-13-27-30(2)14-18)12-21(20)22(8-9-26-24)28-19-5-3-4-16(10-19)11-23(31)32/h3-7,10,12-14,22,28H,8-9,11,25H2,1-2H3,(H,31,32). The van der Waals surface area contributed by atoms with Gasteiger partial charge in [-0.2, -0.15) is 10.2 Å². The number of anilines is 1. The van der Waals surface area contributed by atoms with Crippen molar-refractivity contribution >= 4 is 23.1 Å². The molecule has 1 atom stereocenters. The molecule has 8 heteroatoms. The van der Waals surface area contributed by atoms with E-state index in [0.717, 1.165) is 45.6 Å². The van der Waals surface area contributed by atoms with Gasteiger partial charge < -0.3 is 16.3 Å². The first-order valence-electron chi connectivity index (χ1n) is 10.4. The number of fused-ring (bicyclic) bond motifs is 1. The van der Waals surface area contributed by atoms with Crippen LogP contribution < -0.4 is 11.2 Å². The summed E-state index contributed by atoms with van der Waals surface area (Å²) in [4.78, 5) is 15.9. The Labute approximate surface area is 186 Å². The van der Waals surface area contributed by atoms with Crippen molar-refractivity contribution in [1.29, 1.82) is 0 Å². The predicted octanol–water partition coefficient (Wildman–Crippen LogP) is 3.39. The number of nitrogens with one attached hydrogen (secondary N) is 1. The van der Waals surface area contributed by atoms with Crippen LogP contribution in [0.4, 0.5) is 5.69 Å². The fourth-order valence-corrected chi connectivity index (χ4v) is 4.03. The van der Waals surface area contributed by atoms with Crippen LogP contribution in [0.15, 0.2) is 65.0 Å². The van der Waals surface area contributed by atoms with Crippen LogP contribution in [0, 0.1) is 0 Å². The smallest absolute Gasteiger partial charge is 0.307 e. The number of hydrogen-bond donors (Lipinski definition) is 3. The normalized spacial score (nSPS) is 16.1. The van der Waals surface area contributed by atoms with Crippen molar-refractivity contribution in [3.63, 3.8) is 0 Å². The van der Waals surface area contributed by atoms with E-state index in [1.165, 1.54) is 0 Å². The van der Waals surface area contributed by atoms with Gasteiger partial charge in [-0.25, -0.2) is 0 Å². The highest BCUT2D eigenvalue weighted by atomic mass is 16.4. The molecule has 1 aliphatic rings. The molecule has 4 rings (SSSR count). The highest BCUT2D eigenvalue weighted by Crippen LogP contribution is 2.33. The fraction of sp³-hybridized carbons (Fsp3) is 0.250. The molecule has 4 N–H and O–H groups in total. The summed E-state index contributed by atoms with van der Waals surface area (Å²) < 4.78 is 1.78. The maximum Gasteiger partial charge on any atom is 0.307 e. The molecule has 0 bridgehead atoms. The average molecular weight is 431 g/mol. The number of aliphatic carboxylic acids is 1. The first-order valence-corrected chi connectivity index (χ1v) is 10.4. The number of carboxylic acid groups (broad SMARTS) is 1. The van der Waals surface area contributed by atoms with Gasteiger partial charge in [0.15, 0.2) is 0 Å². The Morgan fingerprint density at radius 3 is 2.84 bits per heavy atom. The number of hydrogen-bond acceptors (Lipinski definition) is 6. The molecule has 1 unspecified atom stereocenters. The zero-order valence-corrected chi connectivity index (χ0v) is 18.1. The second kappa shape index (κ2) is 9.05. The molecule has 0 saturated carbocycles. The highest BCUT2D eigenvalue weighted by Gasteiger charge is 2.24. The van der Waals surface area contributed by atoms with Gasteiger partial charge in [-0.15, -0.1) is 0 Å². The van der Waals surface area contributed by atoms with E-state index in [9.17, 15) is 4.79 Å². The van der Waals surface area contributed by atoms with Gasteiger partial charge in [0.25, 0.3) is 0 Å². The minimum absolute atomic E-state index is 0.0126. The monoisotopic (exact) mass is 430 g/mol. The highest BCUT2D eigenvalue weighted by molar-refractivity contribution is 6.48. The van der Waals surface area contributed by atoms with E-state index in [0.29, 0.717) is 12.3 Å². The number of aryl methyl sites for hydroxylation is 1. The van der Waals surface area contributed by atoms with Gasteiger partial charge in [-0.1, -0.05) is 24.3 Å². The lowest BCUT2D eigenvalue weighted by Crippen LogP contribution is -2.18. The molecule has 0 spiro atoms. The molecule has 1 aromatic heterocycles. The van der Waals surface area contributed by atoms with E-state index in [4.69, 9.17) is 15.9 Å². The van der Waals surface area contributed by atoms with Crippen molar-refractivity contribution < 1.29 is 9.90 Å². The fourth-order valence-electron chi connectivity index (χ4n) is 4.03. The van der Waals surface area contributed by atoms with Gasteiger partial charge in [0.2, 0.25) is 0 Å². The predicted molar refractivity (Wildman–Crippen MR) is 126 cm³/mol. The summed E-state index contributed by atoms with van der Waals surface area (Å²) in [5.41, 5.74) is 7.28. The number of hydrazone groups is 1. The molecule has 3 aromatic rings. The van der Waals surface area contributed by atoms with Crippen LogP contribution in [0.25, 0.3) is 11.1 Å². The lowest BCUT2D eigenvalue weighted by Gasteiger charge is -2.22. The number of aromatic nitrogens is 2. The second-order valence-electron chi connectivity index (χ2n) is 7.91. The van der Waals surface area contributed by atoms with E-state index < -0.39 is 5.97 Å². The summed E-state index contributed by atoms with van der Waals surface area (Å²) in [6, 6.07) is 13.8. The SMILES string of the molecule is CC(=NN)C1=NCCC(Nc2cccc(CC(=O)O)c2)c2cc(-c3cnn(C)c3)ccc21. The molecule has 1 aliphatic heterocycles. The Hall–Kier alpha value is -3.94. The van der Waals surface area contributed by atoms with Crippen LogP contribution in [0.1, 0.15) is 36.1 Å². The number of nitrogens with two attached hydrogens (primary N) is 1. The topological polar surface area (TPSA) is 118 Å². The van der Waals surface area contributed by atoms with Crippen molar-refractivity contribution in [3.05, 3.63) is 71.5 Å². The van der Waals surface area contributed by atoms with E-state index in [2.05, 4.69) is 33.7 Å². The summed E-state index contributed by atoms with van der Waals surface area (Å²) in [7, 11) is 1.90. The molecule has 0 saturated heterocycles. The summed E-state index contributed by atoms with van der Waals surface area (Å²) in [6.45, 7) is 2.48. The molecule has 2 heterocycles. The molecule has 164 valence electrons. The molecular formula is C24H26N6O2. The molecule has 0 radical (unpaired) electrons. The van der Waals surface area contributed by atoms with Gasteiger partial charge in [0.05, 0.1) is 30.1 Å². The molecule has 0 amide bonds. The van der Waals surface area contributed by atoms with E-state index >= 15 is 0 Å². The number of carbonyl (C=O) groups is 1. The number of aliphatic imine (C=N–C) groups is 1. The third-order valence-corrected chi connectivity index (χ3v) is 5.57. The Balaban J connectivity index is 1.75. The van der Waals surface area contributed by atoms with Crippen LogP contribution in [0.3, 0.4) is 0 Å². The Bertz CT molecular complexity index is 1210. The first kappa shape index (κ1) is 21.3. The minimum atomic E-state index is -0.849. The maximum atomic E-state index is 11.1. The van der Waals surface area contributed by atoms with Gasteiger partial charge in [-0.05, 0) is 48.2 Å². The molecular weight excluding hydrogens is 404 g/mol. The van der Waals surface area contributed by atoms with Crippen LogP contribution in [-0.4, -0.2) is 38.8 Å². The van der Waals surface area contributed by atoms with Gasteiger partial charge in [-0.3, -0.25) is 14.5 Å². The zero-order valence-electron chi connectivity index (χ0n) is 18.1. The molecule has 8 nitrogen and oxygen atoms in total. The third-order valence-electron chi connectivity index (χ3n) is 5.57. The Morgan fingerprint density at radius 2 is 2.12 bits per heavy atom. The summed E-state index contributed by atoms with van der Waals surface area (Å²) >= 11 is 0. The number of nitrogens with zero attached hydrogens (tertiary/aromatic N) is 4. The number of rotatable bonds is 6. The Kier molecular flexibility index (Phi) is 6.02. The van der Waals surface area contributed by atoms with Crippen molar-refractivity contribution in [2.75, 3.05) is 11.9 Å². The van der Waals surface area contributed by atoms with Crippen molar-refractivity contribution in [3.8, 4) is 11.1 Å². The van der Waals surface area contributed by atoms with E-state index in [1.54, 1.807) is 4.68 Å². The number of benzene rings is 2. The quantitative estimate of drug-likeness (QED) is 0.315. The van der Waals surface area contributed by atoms with Gasteiger partial charge in [0.1, 0.15) is 0 Å². The van der Waals surface area contributed by atoms with Crippen LogP contribution >= 0.6 is 0 Å². The van der Waals surface area contributed by atoms with Crippen LogP contribution in [0.5, 0.6) is 0 Å². The lowest BCUT2D eigenvalue weighted by molar-refractivity contribution is -0.136. The van der Waals surface area contributed by atoms with Crippen molar-refractivity contribution in [2.24, 2.45) is 23.0 Å². The summed E-state index contributed by atoms with van der Waals surface area (Å²) in [5, 5.41) is 20.9. The Morgan fingerprint density at radius 1 is 1.28 bits per heavy atom. The summed E-state index contributed by atoms with van der Waals surface area (Å²) in [5.74, 6) is 4.73. The van der Waals surface area contributed by atoms with Crippen LogP contribution in [-0.2, 0) is 18.3 Å². The van der Waals surface area contributed by atoms with E-state index in [1.807, 2.05) is 50.6 Å². The van der Waals surface area contributed by atoms with Crippen molar-refractivity contribution in [1.82, 2.24) is 9.78 Å². The van der Waals surface area contributed by atoms with Gasteiger partial charge >= 0.3 is 5.97 Å². The maximum absolute atomic E-state index is 11.1. The van der Waals surface area contributed by atoms with E-state index in [-0.39, 0.29) is 12.5 Å². The first-order chi connectivity index (χ1) is 15.4. The molecule has 0 aliphatic carbocycles. The average Bonchev–Trinajstić information content (AvgIpc) is 3.13. The van der Waals surface area contributed by atoms with Gasteiger partial charge in [0, 0.05) is 36.6 Å². The molecule has 32 heavy (non-hydrogen) atoms. The third kappa shape index (κ3) is 4.54. The van der Waals surface area contributed by atoms with Crippen LogP contribution in [0.2, 0.25) is 0 Å². The molecule has 0 fully saturated rings. The second-order valence-corrected chi connectivity index (χ2v) is 7.91.